The Kier molecular flexibility index (Phi) is 8.01. The minimum absolute atomic E-state index is 0.173. The normalized spacial score (nSPS) is 10.5. The largest absolute Gasteiger partial charge is 0.490 e. The summed E-state index contributed by atoms with van der Waals surface area (Å²) in [7, 11) is 0. The second-order valence-corrected chi connectivity index (χ2v) is 8.12. The third kappa shape index (κ3) is 6.41. The van der Waals surface area contributed by atoms with Crippen LogP contribution in [0.5, 0.6) is 11.5 Å². The van der Waals surface area contributed by atoms with Gasteiger partial charge in [-0.2, -0.15) is 0 Å². The summed E-state index contributed by atoms with van der Waals surface area (Å²) < 4.78 is 11.5. The maximum absolute atomic E-state index is 12.3. The lowest BCUT2D eigenvalue weighted by atomic mass is 10.1. The van der Waals surface area contributed by atoms with Crippen LogP contribution in [0.25, 0.3) is 0 Å². The van der Waals surface area contributed by atoms with Crippen LogP contribution < -0.4 is 20.1 Å². The Morgan fingerprint density at radius 2 is 1.75 bits per heavy atom. The molecule has 0 aromatic heterocycles. The Bertz CT molecular complexity index is 1100. The molecule has 32 heavy (non-hydrogen) atoms. The number of aryl methyl sites for hydroxylation is 3. The average Bonchev–Trinajstić information content (AvgIpc) is 2.73. The Morgan fingerprint density at radius 1 is 0.969 bits per heavy atom. The van der Waals surface area contributed by atoms with Gasteiger partial charge in [0.15, 0.2) is 18.1 Å². The quantitative estimate of drug-likeness (QED) is 0.400. The van der Waals surface area contributed by atoms with Gasteiger partial charge in [0.1, 0.15) is 0 Å². The van der Waals surface area contributed by atoms with Gasteiger partial charge in [-0.05, 0) is 74.7 Å². The van der Waals surface area contributed by atoms with E-state index in [0.29, 0.717) is 29.7 Å². The SMILES string of the molecule is CCOc1cc(CNc2ccc(C)cc2C)cc(Cl)c1OCC(=O)Nc1cccc(C)c1. The molecule has 0 aliphatic carbocycles. The summed E-state index contributed by atoms with van der Waals surface area (Å²) in [5, 5.41) is 6.66. The van der Waals surface area contributed by atoms with E-state index in [1.165, 1.54) is 11.1 Å². The van der Waals surface area contributed by atoms with E-state index in [9.17, 15) is 4.79 Å². The lowest BCUT2D eigenvalue weighted by molar-refractivity contribution is -0.118. The molecule has 1 amide bonds. The van der Waals surface area contributed by atoms with E-state index in [1.807, 2.05) is 50.2 Å². The van der Waals surface area contributed by atoms with Gasteiger partial charge in [0.25, 0.3) is 5.91 Å². The fraction of sp³-hybridized carbons (Fsp3) is 0.269. The highest BCUT2D eigenvalue weighted by Gasteiger charge is 2.15. The molecule has 3 rings (SSSR count). The highest BCUT2D eigenvalue weighted by Crippen LogP contribution is 2.37. The summed E-state index contributed by atoms with van der Waals surface area (Å²) in [6.07, 6.45) is 0. The maximum atomic E-state index is 12.3. The van der Waals surface area contributed by atoms with Gasteiger partial charge in [-0.25, -0.2) is 0 Å². The van der Waals surface area contributed by atoms with E-state index in [-0.39, 0.29) is 12.5 Å². The zero-order valence-electron chi connectivity index (χ0n) is 18.9. The van der Waals surface area contributed by atoms with Crippen molar-refractivity contribution in [2.75, 3.05) is 23.8 Å². The standard InChI is InChI=1S/C26H29ClN2O3/c1-5-31-24-14-20(15-28-23-10-9-18(3)11-19(23)4)13-22(27)26(24)32-16-25(30)29-21-8-6-7-17(2)12-21/h6-14,28H,5,15-16H2,1-4H3,(H,29,30). The van der Waals surface area contributed by atoms with Gasteiger partial charge >= 0.3 is 0 Å². The molecule has 0 saturated heterocycles. The molecule has 0 fully saturated rings. The highest BCUT2D eigenvalue weighted by atomic mass is 35.5. The topological polar surface area (TPSA) is 59.6 Å². The van der Waals surface area contributed by atoms with Gasteiger partial charge in [0.05, 0.1) is 11.6 Å². The lowest BCUT2D eigenvalue weighted by Crippen LogP contribution is -2.20. The third-order valence-electron chi connectivity index (χ3n) is 4.88. The Morgan fingerprint density at radius 3 is 2.47 bits per heavy atom. The number of halogens is 1. The van der Waals surface area contributed by atoms with Crippen molar-refractivity contribution in [1.82, 2.24) is 0 Å². The second-order valence-electron chi connectivity index (χ2n) is 7.72. The molecule has 0 bridgehead atoms. The monoisotopic (exact) mass is 452 g/mol. The summed E-state index contributed by atoms with van der Waals surface area (Å²) in [5.74, 6) is 0.610. The van der Waals surface area contributed by atoms with Crippen molar-refractivity contribution in [3.63, 3.8) is 0 Å². The van der Waals surface area contributed by atoms with Crippen LogP contribution in [0, 0.1) is 20.8 Å². The van der Waals surface area contributed by atoms with Crippen molar-refractivity contribution in [1.29, 1.82) is 0 Å². The number of amides is 1. The Hall–Kier alpha value is -3.18. The van der Waals surface area contributed by atoms with Crippen molar-refractivity contribution < 1.29 is 14.3 Å². The number of benzene rings is 3. The summed E-state index contributed by atoms with van der Waals surface area (Å²) in [4.78, 5) is 12.3. The summed E-state index contributed by atoms with van der Waals surface area (Å²) in [6.45, 7) is 8.87. The molecule has 0 radical (unpaired) electrons. The van der Waals surface area contributed by atoms with Gasteiger partial charge < -0.3 is 20.1 Å². The molecule has 0 unspecified atom stereocenters. The summed E-state index contributed by atoms with van der Waals surface area (Å²) in [5.41, 5.74) is 6.22. The maximum Gasteiger partial charge on any atom is 0.262 e. The van der Waals surface area contributed by atoms with Crippen LogP contribution in [-0.2, 0) is 11.3 Å². The smallest absolute Gasteiger partial charge is 0.262 e. The first-order valence-electron chi connectivity index (χ1n) is 10.6. The third-order valence-corrected chi connectivity index (χ3v) is 5.16. The number of carbonyl (C=O) groups is 1. The molecule has 168 valence electrons. The molecule has 3 aromatic carbocycles. The number of ether oxygens (including phenoxy) is 2. The molecule has 0 spiro atoms. The first-order valence-corrected chi connectivity index (χ1v) is 11.0. The minimum atomic E-state index is -0.269. The first-order chi connectivity index (χ1) is 15.4. The van der Waals surface area contributed by atoms with E-state index in [4.69, 9.17) is 21.1 Å². The zero-order chi connectivity index (χ0) is 23.1. The fourth-order valence-corrected chi connectivity index (χ4v) is 3.68. The summed E-state index contributed by atoms with van der Waals surface area (Å²) in [6, 6.07) is 17.6. The molecule has 0 saturated carbocycles. The van der Waals surface area contributed by atoms with Gasteiger partial charge in [-0.3, -0.25) is 4.79 Å². The minimum Gasteiger partial charge on any atom is -0.490 e. The average molecular weight is 453 g/mol. The molecule has 0 heterocycles. The van der Waals surface area contributed by atoms with Crippen molar-refractivity contribution in [2.24, 2.45) is 0 Å². The molecular weight excluding hydrogens is 424 g/mol. The van der Waals surface area contributed by atoms with Crippen LogP contribution in [0.2, 0.25) is 5.02 Å². The molecular formula is C26H29ClN2O3. The van der Waals surface area contributed by atoms with Gasteiger partial charge in [0.2, 0.25) is 0 Å². The van der Waals surface area contributed by atoms with Crippen LogP contribution in [0.3, 0.4) is 0 Å². The lowest BCUT2D eigenvalue weighted by Gasteiger charge is -2.16. The predicted octanol–water partition coefficient (Wildman–Crippen LogP) is 6.29. The van der Waals surface area contributed by atoms with E-state index >= 15 is 0 Å². The summed E-state index contributed by atoms with van der Waals surface area (Å²) >= 11 is 6.50. The van der Waals surface area contributed by atoms with E-state index in [0.717, 1.165) is 22.5 Å². The van der Waals surface area contributed by atoms with Crippen LogP contribution >= 0.6 is 11.6 Å². The van der Waals surface area contributed by atoms with Crippen LogP contribution in [-0.4, -0.2) is 19.1 Å². The number of hydrogen-bond donors (Lipinski definition) is 2. The van der Waals surface area contributed by atoms with E-state index in [2.05, 4.69) is 42.7 Å². The van der Waals surface area contributed by atoms with Gasteiger partial charge in [-0.1, -0.05) is 41.4 Å². The van der Waals surface area contributed by atoms with Crippen LogP contribution in [0.4, 0.5) is 11.4 Å². The van der Waals surface area contributed by atoms with E-state index < -0.39 is 0 Å². The first kappa shape index (κ1) is 23.5. The number of carbonyl (C=O) groups excluding carboxylic acids is 1. The van der Waals surface area contributed by atoms with Gasteiger partial charge in [0, 0.05) is 17.9 Å². The van der Waals surface area contributed by atoms with Crippen LogP contribution in [0.15, 0.2) is 54.6 Å². The molecule has 6 heteroatoms. The number of rotatable bonds is 9. The van der Waals surface area contributed by atoms with E-state index in [1.54, 1.807) is 0 Å². The van der Waals surface area contributed by atoms with Crippen LogP contribution in [0.1, 0.15) is 29.2 Å². The second kappa shape index (κ2) is 10.9. The highest BCUT2D eigenvalue weighted by molar-refractivity contribution is 6.32. The van der Waals surface area contributed by atoms with Crippen molar-refractivity contribution in [3.05, 3.63) is 81.9 Å². The molecule has 0 aliphatic heterocycles. The Balaban J connectivity index is 1.68. The zero-order valence-corrected chi connectivity index (χ0v) is 19.7. The molecule has 0 atom stereocenters. The number of nitrogens with one attached hydrogen (secondary N) is 2. The number of hydrogen-bond acceptors (Lipinski definition) is 4. The molecule has 2 N–H and O–H groups in total. The fourth-order valence-electron chi connectivity index (χ4n) is 3.39. The van der Waals surface area contributed by atoms with Crippen molar-refractivity contribution >= 4 is 28.9 Å². The van der Waals surface area contributed by atoms with Crippen molar-refractivity contribution in [2.45, 2.75) is 34.2 Å². The van der Waals surface area contributed by atoms with Crippen molar-refractivity contribution in [3.8, 4) is 11.5 Å². The molecule has 3 aromatic rings. The molecule has 5 nitrogen and oxygen atoms in total. The Labute approximate surface area is 194 Å². The number of anilines is 2. The van der Waals surface area contributed by atoms with Gasteiger partial charge in [-0.15, -0.1) is 0 Å². The predicted molar refractivity (Wildman–Crippen MR) is 131 cm³/mol. The molecule has 0 aliphatic rings.